The lowest BCUT2D eigenvalue weighted by Gasteiger charge is -2.34. The number of Topliss-reactive ketones (excluding diaryl/α,β-unsaturated/α-hetero) is 1. The van der Waals surface area contributed by atoms with E-state index >= 15 is 0 Å². The van der Waals surface area contributed by atoms with Gasteiger partial charge in [-0.25, -0.2) is 0 Å². The van der Waals surface area contributed by atoms with Gasteiger partial charge in [0.15, 0.2) is 5.78 Å². The van der Waals surface area contributed by atoms with Gasteiger partial charge in [0.2, 0.25) is 0 Å². The molecule has 1 aliphatic heterocycles. The van der Waals surface area contributed by atoms with Gasteiger partial charge in [-0.2, -0.15) is 5.26 Å². The van der Waals surface area contributed by atoms with Crippen LogP contribution in [0, 0.1) is 11.3 Å². The van der Waals surface area contributed by atoms with Crippen molar-refractivity contribution in [3.05, 3.63) is 80.3 Å². The molecule has 0 amide bonds. The summed E-state index contributed by atoms with van der Waals surface area (Å²) in [7, 11) is 0. The third-order valence-electron chi connectivity index (χ3n) is 5.78. The maximum atomic E-state index is 13.5. The number of benzene rings is 1. The largest absolute Gasteiger partial charge is 0.346 e. The Morgan fingerprint density at radius 3 is 2.87 bits per heavy atom. The SMILES string of the molecule is N#CCCn1cc(C(=O)CN2CCc3sccc3C2c2cccs2)c2ccccc21. The predicted octanol–water partition coefficient (Wildman–Crippen LogP) is 5.51. The molecule has 0 fully saturated rings. The van der Waals surface area contributed by atoms with Crippen LogP contribution in [0.4, 0.5) is 0 Å². The smallest absolute Gasteiger partial charge is 0.179 e. The fourth-order valence-electron chi connectivity index (χ4n) is 4.41. The summed E-state index contributed by atoms with van der Waals surface area (Å²) in [6.07, 6.45) is 3.36. The van der Waals surface area contributed by atoms with Gasteiger partial charge in [0.25, 0.3) is 0 Å². The maximum Gasteiger partial charge on any atom is 0.179 e. The predicted molar refractivity (Wildman–Crippen MR) is 122 cm³/mol. The number of carbonyl (C=O) groups excluding carboxylic acids is 1. The molecule has 0 saturated heterocycles. The summed E-state index contributed by atoms with van der Waals surface area (Å²) in [5.41, 5.74) is 3.12. The fraction of sp³-hybridized carbons (Fsp3) is 0.250. The topological polar surface area (TPSA) is 49.0 Å². The highest BCUT2D eigenvalue weighted by Gasteiger charge is 2.32. The molecule has 150 valence electrons. The van der Waals surface area contributed by atoms with Gasteiger partial charge in [0, 0.05) is 45.5 Å². The van der Waals surface area contributed by atoms with E-state index in [-0.39, 0.29) is 11.8 Å². The first kappa shape index (κ1) is 19.3. The van der Waals surface area contributed by atoms with Gasteiger partial charge in [-0.05, 0) is 40.9 Å². The van der Waals surface area contributed by atoms with Crippen LogP contribution >= 0.6 is 22.7 Å². The summed E-state index contributed by atoms with van der Waals surface area (Å²) in [5, 5.41) is 14.2. The first-order chi connectivity index (χ1) is 14.8. The van der Waals surface area contributed by atoms with E-state index in [0.717, 1.165) is 29.4 Å². The molecule has 3 aromatic heterocycles. The van der Waals surface area contributed by atoms with Gasteiger partial charge >= 0.3 is 0 Å². The van der Waals surface area contributed by atoms with Gasteiger partial charge < -0.3 is 4.57 Å². The number of ketones is 1. The Balaban J connectivity index is 1.47. The van der Waals surface area contributed by atoms with Gasteiger partial charge in [0.1, 0.15) is 0 Å². The first-order valence-electron chi connectivity index (χ1n) is 10.1. The second-order valence-corrected chi connectivity index (χ2v) is 9.50. The molecule has 5 rings (SSSR count). The summed E-state index contributed by atoms with van der Waals surface area (Å²) >= 11 is 3.58. The van der Waals surface area contributed by atoms with Crippen LogP contribution < -0.4 is 0 Å². The van der Waals surface area contributed by atoms with Crippen molar-refractivity contribution in [2.45, 2.75) is 25.4 Å². The van der Waals surface area contributed by atoms with Crippen LogP contribution in [0.15, 0.2) is 59.4 Å². The minimum absolute atomic E-state index is 0.141. The summed E-state index contributed by atoms with van der Waals surface area (Å²) in [6, 6.07) is 16.8. The van der Waals surface area contributed by atoms with Crippen LogP contribution in [0.1, 0.15) is 38.1 Å². The van der Waals surface area contributed by atoms with Gasteiger partial charge in [-0.15, -0.1) is 22.7 Å². The molecule has 6 heteroatoms. The zero-order chi connectivity index (χ0) is 20.5. The van der Waals surface area contributed by atoms with Crippen molar-refractivity contribution < 1.29 is 4.79 Å². The lowest BCUT2D eigenvalue weighted by atomic mass is 9.97. The number of nitriles is 1. The number of aromatic nitrogens is 1. The zero-order valence-electron chi connectivity index (χ0n) is 16.5. The van der Waals surface area contributed by atoms with Gasteiger partial charge in [0.05, 0.1) is 25.1 Å². The van der Waals surface area contributed by atoms with E-state index in [0.29, 0.717) is 19.5 Å². The number of rotatable bonds is 6. The monoisotopic (exact) mass is 431 g/mol. The minimum atomic E-state index is 0.141. The Morgan fingerprint density at radius 1 is 1.13 bits per heavy atom. The van der Waals surface area contributed by atoms with Crippen molar-refractivity contribution in [1.82, 2.24) is 9.47 Å². The zero-order valence-corrected chi connectivity index (χ0v) is 18.1. The average Bonchev–Trinajstić information content (AvgIpc) is 3.51. The summed E-state index contributed by atoms with van der Waals surface area (Å²) < 4.78 is 2.04. The van der Waals surface area contributed by atoms with Crippen LogP contribution in [0.5, 0.6) is 0 Å². The standard InChI is InChI=1S/C24H21N3OS2/c25-10-4-11-26-15-19(17-5-1-2-6-20(17)26)21(28)16-27-12-8-22-18(9-14-30-22)24(27)23-7-3-13-29-23/h1-3,5-7,9,13-15,24H,4,8,11-12,16H2. The Hall–Kier alpha value is -2.72. The van der Waals surface area contributed by atoms with Gasteiger partial charge in [-0.3, -0.25) is 9.69 Å². The Kier molecular flexibility index (Phi) is 5.26. The summed E-state index contributed by atoms with van der Waals surface area (Å²) in [5.74, 6) is 0.141. The quantitative estimate of drug-likeness (QED) is 0.378. The highest BCUT2D eigenvalue weighted by Crippen LogP contribution is 2.39. The van der Waals surface area contributed by atoms with Crippen molar-refractivity contribution in [2.24, 2.45) is 0 Å². The van der Waals surface area contributed by atoms with Crippen LogP contribution in [-0.4, -0.2) is 28.3 Å². The summed E-state index contributed by atoms with van der Waals surface area (Å²) in [4.78, 5) is 18.5. The van der Waals surface area contributed by atoms with E-state index in [1.165, 1.54) is 15.3 Å². The highest BCUT2D eigenvalue weighted by molar-refractivity contribution is 7.10. The number of thiophene rings is 2. The van der Waals surface area contributed by atoms with Gasteiger partial charge in [-0.1, -0.05) is 24.3 Å². The molecule has 0 aliphatic carbocycles. The fourth-order valence-corrected chi connectivity index (χ4v) is 6.19. The molecule has 4 nitrogen and oxygen atoms in total. The number of aryl methyl sites for hydroxylation is 1. The number of hydrogen-bond donors (Lipinski definition) is 0. The van der Waals surface area contributed by atoms with E-state index in [2.05, 4.69) is 39.9 Å². The average molecular weight is 432 g/mol. The Bertz CT molecular complexity index is 1230. The number of fused-ring (bicyclic) bond motifs is 2. The third kappa shape index (κ3) is 3.39. The number of para-hydroxylation sites is 1. The van der Waals surface area contributed by atoms with E-state index < -0.39 is 0 Å². The van der Waals surface area contributed by atoms with E-state index in [1.807, 2.05) is 46.4 Å². The van der Waals surface area contributed by atoms with Crippen molar-refractivity contribution in [3.8, 4) is 6.07 Å². The molecule has 4 aromatic rings. The maximum absolute atomic E-state index is 13.5. The number of hydrogen-bond acceptors (Lipinski definition) is 5. The highest BCUT2D eigenvalue weighted by atomic mass is 32.1. The lowest BCUT2D eigenvalue weighted by molar-refractivity contribution is 0.0904. The lowest BCUT2D eigenvalue weighted by Crippen LogP contribution is -2.38. The molecular formula is C24H21N3OS2. The molecule has 30 heavy (non-hydrogen) atoms. The minimum Gasteiger partial charge on any atom is -0.346 e. The van der Waals surface area contributed by atoms with E-state index in [1.54, 1.807) is 11.3 Å². The first-order valence-corrected chi connectivity index (χ1v) is 11.8. The molecule has 4 heterocycles. The second kappa shape index (κ2) is 8.19. The normalized spacial score (nSPS) is 16.4. The van der Waals surface area contributed by atoms with Crippen LogP contribution in [-0.2, 0) is 13.0 Å². The van der Waals surface area contributed by atoms with Crippen LogP contribution in [0.2, 0.25) is 0 Å². The number of carbonyl (C=O) groups is 1. The van der Waals surface area contributed by atoms with E-state index in [4.69, 9.17) is 5.26 Å². The molecule has 0 radical (unpaired) electrons. The molecular weight excluding hydrogens is 410 g/mol. The molecule has 0 saturated carbocycles. The number of nitrogens with zero attached hydrogens (tertiary/aromatic N) is 3. The summed E-state index contributed by atoms with van der Waals surface area (Å²) in [6.45, 7) is 1.88. The van der Waals surface area contributed by atoms with Crippen LogP contribution in [0.25, 0.3) is 10.9 Å². The molecule has 1 aliphatic rings. The van der Waals surface area contributed by atoms with Crippen molar-refractivity contribution >= 4 is 39.4 Å². The Labute approximate surface area is 183 Å². The molecule has 0 N–H and O–H groups in total. The molecule has 1 aromatic carbocycles. The van der Waals surface area contributed by atoms with Crippen molar-refractivity contribution in [2.75, 3.05) is 13.1 Å². The molecule has 1 atom stereocenters. The molecule has 0 bridgehead atoms. The van der Waals surface area contributed by atoms with E-state index in [9.17, 15) is 4.79 Å². The second-order valence-electron chi connectivity index (χ2n) is 7.52. The molecule has 0 spiro atoms. The Morgan fingerprint density at radius 2 is 2.03 bits per heavy atom. The van der Waals surface area contributed by atoms with Crippen LogP contribution in [0.3, 0.4) is 0 Å². The molecule has 1 unspecified atom stereocenters. The third-order valence-corrected chi connectivity index (χ3v) is 7.70. The van der Waals surface area contributed by atoms with Crippen molar-refractivity contribution in [3.63, 3.8) is 0 Å². The van der Waals surface area contributed by atoms with Crippen molar-refractivity contribution in [1.29, 1.82) is 5.26 Å².